The van der Waals surface area contributed by atoms with Crippen molar-refractivity contribution in [3.05, 3.63) is 146 Å². The number of hydrogen-bond donors (Lipinski definition) is 0. The highest BCUT2D eigenvalue weighted by Crippen LogP contribution is 2.16. The lowest BCUT2D eigenvalue weighted by molar-refractivity contribution is -0.167. The molecule has 0 rings (SSSR count). The quantitative estimate of drug-likeness (QED) is 0.0261. The number of allylic oxidation sites excluding steroid dienone is 24. The Morgan fingerprint density at radius 2 is 0.470 bits per heavy atom. The Balaban J connectivity index is 4.13. The van der Waals surface area contributed by atoms with Gasteiger partial charge in [0, 0.05) is 19.3 Å². The van der Waals surface area contributed by atoms with E-state index in [0.29, 0.717) is 25.7 Å². The molecule has 0 aliphatic carbocycles. The van der Waals surface area contributed by atoms with E-state index >= 15 is 0 Å². The number of carbonyl (C=O) groups is 3. The number of unbranched alkanes of at least 4 members (excludes halogenated alkanes) is 26. The number of ether oxygens (including phenoxy) is 3. The zero-order valence-corrected chi connectivity index (χ0v) is 53.9. The highest BCUT2D eigenvalue weighted by molar-refractivity contribution is 5.71. The first-order valence-electron chi connectivity index (χ1n) is 34.3. The summed E-state index contributed by atoms with van der Waals surface area (Å²) in [5, 5.41) is 0. The molecule has 0 fully saturated rings. The Morgan fingerprint density at radius 3 is 0.759 bits per heavy atom. The summed E-state index contributed by atoms with van der Waals surface area (Å²) in [6.07, 6.45) is 101. The van der Waals surface area contributed by atoms with Crippen molar-refractivity contribution in [3.8, 4) is 0 Å². The summed E-state index contributed by atoms with van der Waals surface area (Å²) < 4.78 is 16.8. The molecule has 1 unspecified atom stereocenters. The zero-order chi connectivity index (χ0) is 59.9. The number of carbonyl (C=O) groups excluding carboxylic acids is 3. The van der Waals surface area contributed by atoms with Gasteiger partial charge in [0.2, 0.25) is 0 Å². The monoisotopic (exact) mass is 1150 g/mol. The zero-order valence-electron chi connectivity index (χ0n) is 53.9. The molecule has 0 saturated heterocycles. The summed E-state index contributed by atoms with van der Waals surface area (Å²) in [6.45, 7) is 6.40. The number of esters is 3. The molecule has 0 spiro atoms. The van der Waals surface area contributed by atoms with E-state index < -0.39 is 6.10 Å². The van der Waals surface area contributed by atoms with Gasteiger partial charge in [-0.15, -0.1) is 0 Å². The standard InChI is InChI=1S/C77H126O6/c1-4-7-10-13-15-17-19-21-23-25-27-29-31-33-35-36-37-38-39-40-42-43-45-47-49-51-53-55-57-59-61-64-67-70-76(79)82-73-74(72-81-75(78)69-66-63-12-9-6-3)83-77(80)71-68-65-62-60-58-56-54-52-50-48-46-44-41-34-32-30-28-26-24-22-20-18-16-14-11-8-5-2/h7,10,15,17,20-23,26-29,33,35,37-38,40,42,45,47,51,53,57,59,74H,4-6,8-9,11-14,16,18-19,24-25,30-32,34,36,39,41,43-44,46,48-50,52,54-56,58,60-73H2,1-3H3/b10-7-,17-15-,22-20-,23-21-,28-26-,29-27-,35-33-,38-37-,42-40-,47-45-,53-51-,59-57-. The Bertz CT molecular complexity index is 1800. The van der Waals surface area contributed by atoms with Gasteiger partial charge in [-0.05, 0) is 128 Å². The molecule has 0 aliphatic rings. The van der Waals surface area contributed by atoms with E-state index in [1.807, 2.05) is 0 Å². The Morgan fingerprint density at radius 1 is 0.253 bits per heavy atom. The molecule has 0 radical (unpaired) electrons. The van der Waals surface area contributed by atoms with Crippen LogP contribution in [0.4, 0.5) is 0 Å². The maximum Gasteiger partial charge on any atom is 0.306 e. The number of rotatable bonds is 61. The van der Waals surface area contributed by atoms with Gasteiger partial charge in [0.25, 0.3) is 0 Å². The van der Waals surface area contributed by atoms with Gasteiger partial charge in [-0.2, -0.15) is 0 Å². The van der Waals surface area contributed by atoms with E-state index in [2.05, 4.69) is 167 Å². The van der Waals surface area contributed by atoms with Crippen molar-refractivity contribution in [1.82, 2.24) is 0 Å². The molecule has 0 heterocycles. The SMILES string of the molecule is CC/C=C\C/C=C\C/C=C\C/C=C\C/C=C\C/C=C\C/C=C\C/C=C\C/C=C\C/C=C\CCCCC(=O)OCC(COC(=O)CCCCCCC)OC(=O)CCCCCCCCCCCCCCCCC/C=C\C/C=C\CCCCCCC. The van der Waals surface area contributed by atoms with Gasteiger partial charge in [0.1, 0.15) is 13.2 Å². The van der Waals surface area contributed by atoms with Crippen LogP contribution in [-0.2, 0) is 28.6 Å². The third kappa shape index (κ3) is 68.0. The molecule has 6 nitrogen and oxygen atoms in total. The summed E-state index contributed by atoms with van der Waals surface area (Å²) in [7, 11) is 0. The molecule has 0 amide bonds. The predicted molar refractivity (Wildman–Crippen MR) is 362 cm³/mol. The molecule has 470 valence electrons. The van der Waals surface area contributed by atoms with E-state index in [1.165, 1.54) is 122 Å². The van der Waals surface area contributed by atoms with Crippen molar-refractivity contribution in [3.63, 3.8) is 0 Å². The maximum atomic E-state index is 12.9. The van der Waals surface area contributed by atoms with E-state index in [4.69, 9.17) is 14.2 Å². The molecule has 0 bridgehead atoms. The molecule has 0 aliphatic heterocycles. The molecule has 6 heteroatoms. The van der Waals surface area contributed by atoms with E-state index in [9.17, 15) is 14.4 Å². The van der Waals surface area contributed by atoms with Crippen molar-refractivity contribution in [2.24, 2.45) is 0 Å². The Hall–Kier alpha value is -4.71. The second-order valence-electron chi connectivity index (χ2n) is 22.4. The lowest BCUT2D eigenvalue weighted by atomic mass is 10.0. The fourth-order valence-corrected chi connectivity index (χ4v) is 9.21. The lowest BCUT2D eigenvalue weighted by Gasteiger charge is -2.18. The Kier molecular flexibility index (Phi) is 65.8. The molecule has 83 heavy (non-hydrogen) atoms. The van der Waals surface area contributed by atoms with Crippen LogP contribution < -0.4 is 0 Å². The minimum Gasteiger partial charge on any atom is -0.462 e. The smallest absolute Gasteiger partial charge is 0.306 e. The third-order valence-corrected chi connectivity index (χ3v) is 14.3. The topological polar surface area (TPSA) is 78.9 Å². The van der Waals surface area contributed by atoms with Crippen LogP contribution in [0.15, 0.2) is 146 Å². The van der Waals surface area contributed by atoms with Crippen LogP contribution in [-0.4, -0.2) is 37.2 Å². The average molecular weight is 1150 g/mol. The molecular formula is C77H126O6. The van der Waals surface area contributed by atoms with Crippen LogP contribution in [0.5, 0.6) is 0 Å². The maximum absolute atomic E-state index is 12.9. The fraction of sp³-hybridized carbons (Fsp3) is 0.649. The molecule has 0 aromatic heterocycles. The second-order valence-corrected chi connectivity index (χ2v) is 22.4. The van der Waals surface area contributed by atoms with Gasteiger partial charge in [0.05, 0.1) is 0 Å². The molecule has 0 aromatic carbocycles. The second kappa shape index (κ2) is 69.8. The average Bonchev–Trinajstić information content (AvgIpc) is 3.49. The summed E-state index contributed by atoms with van der Waals surface area (Å²) in [5.41, 5.74) is 0. The number of hydrogen-bond acceptors (Lipinski definition) is 6. The van der Waals surface area contributed by atoms with Crippen molar-refractivity contribution >= 4 is 17.9 Å². The molecule has 0 saturated carbocycles. The van der Waals surface area contributed by atoms with E-state index in [-0.39, 0.29) is 31.1 Å². The van der Waals surface area contributed by atoms with Crippen LogP contribution in [0.1, 0.15) is 303 Å². The van der Waals surface area contributed by atoms with Gasteiger partial charge in [-0.1, -0.05) is 301 Å². The van der Waals surface area contributed by atoms with Gasteiger partial charge in [0.15, 0.2) is 6.10 Å². The van der Waals surface area contributed by atoms with Crippen LogP contribution in [0.2, 0.25) is 0 Å². The summed E-state index contributed by atoms with van der Waals surface area (Å²) in [4.78, 5) is 38.0. The minimum absolute atomic E-state index is 0.0952. The first kappa shape index (κ1) is 78.3. The minimum atomic E-state index is -0.798. The summed E-state index contributed by atoms with van der Waals surface area (Å²) in [5.74, 6) is -0.953. The van der Waals surface area contributed by atoms with E-state index in [1.54, 1.807) is 0 Å². The normalized spacial score (nSPS) is 13.0. The molecule has 1 atom stereocenters. The highest BCUT2D eigenvalue weighted by Gasteiger charge is 2.19. The van der Waals surface area contributed by atoms with Gasteiger partial charge in [-0.25, -0.2) is 0 Å². The van der Waals surface area contributed by atoms with Crippen molar-refractivity contribution < 1.29 is 28.6 Å². The van der Waals surface area contributed by atoms with Crippen molar-refractivity contribution in [1.29, 1.82) is 0 Å². The third-order valence-electron chi connectivity index (χ3n) is 14.3. The summed E-state index contributed by atoms with van der Waals surface area (Å²) in [6, 6.07) is 0. The molecular weight excluding hydrogens is 1020 g/mol. The largest absolute Gasteiger partial charge is 0.462 e. The van der Waals surface area contributed by atoms with Crippen LogP contribution in [0, 0.1) is 0 Å². The van der Waals surface area contributed by atoms with Crippen molar-refractivity contribution in [2.75, 3.05) is 13.2 Å². The summed E-state index contributed by atoms with van der Waals surface area (Å²) >= 11 is 0. The van der Waals surface area contributed by atoms with Crippen LogP contribution in [0.3, 0.4) is 0 Å². The fourth-order valence-electron chi connectivity index (χ4n) is 9.21. The molecule has 0 N–H and O–H groups in total. The van der Waals surface area contributed by atoms with Gasteiger partial charge >= 0.3 is 17.9 Å². The lowest BCUT2D eigenvalue weighted by Crippen LogP contribution is -2.30. The first-order chi connectivity index (χ1) is 41.0. The highest BCUT2D eigenvalue weighted by atomic mass is 16.6. The van der Waals surface area contributed by atoms with Crippen LogP contribution >= 0.6 is 0 Å². The Labute approximate surface area is 512 Å². The first-order valence-corrected chi connectivity index (χ1v) is 34.3. The van der Waals surface area contributed by atoms with Gasteiger partial charge in [-0.3, -0.25) is 14.4 Å². The van der Waals surface area contributed by atoms with E-state index in [0.717, 1.165) is 135 Å². The molecule has 0 aromatic rings. The van der Waals surface area contributed by atoms with Crippen LogP contribution in [0.25, 0.3) is 0 Å². The van der Waals surface area contributed by atoms with Crippen molar-refractivity contribution in [2.45, 2.75) is 309 Å². The van der Waals surface area contributed by atoms with Gasteiger partial charge < -0.3 is 14.2 Å². The predicted octanol–water partition coefficient (Wildman–Crippen LogP) is 23.9.